The van der Waals surface area contributed by atoms with E-state index >= 15 is 0 Å². The summed E-state index contributed by atoms with van der Waals surface area (Å²) in [4.78, 5) is 0.129. The molecule has 0 saturated heterocycles. The Bertz CT molecular complexity index is 547. The predicted molar refractivity (Wildman–Crippen MR) is 71.2 cm³/mol. The lowest BCUT2D eigenvalue weighted by atomic mass is 10.2. The summed E-state index contributed by atoms with van der Waals surface area (Å²) in [5, 5.41) is 0. The van der Waals surface area contributed by atoms with E-state index in [-0.39, 0.29) is 22.2 Å². The van der Waals surface area contributed by atoms with E-state index in [4.69, 9.17) is 18.0 Å². The van der Waals surface area contributed by atoms with Crippen molar-refractivity contribution in [3.63, 3.8) is 0 Å². The van der Waals surface area contributed by atoms with Gasteiger partial charge in [-0.1, -0.05) is 24.4 Å². The van der Waals surface area contributed by atoms with Crippen LogP contribution in [0.5, 0.6) is 0 Å². The molecule has 1 aromatic carbocycles. The number of thiocarbonyl (C=S) groups is 1. The average Bonchev–Trinajstić information content (AvgIpc) is 2.34. The zero-order chi connectivity index (χ0) is 14.5. The number of alkyl halides is 2. The van der Waals surface area contributed by atoms with Crippen LogP contribution in [0.1, 0.15) is 5.56 Å². The third-order valence-corrected chi connectivity index (χ3v) is 4.13. The quantitative estimate of drug-likeness (QED) is 0.608. The van der Waals surface area contributed by atoms with Gasteiger partial charge in [-0.3, -0.25) is 0 Å². The van der Waals surface area contributed by atoms with E-state index in [1.54, 1.807) is 6.07 Å². The van der Waals surface area contributed by atoms with Gasteiger partial charge >= 0.3 is 0 Å². The molecule has 0 heterocycles. The van der Waals surface area contributed by atoms with E-state index in [2.05, 4.69) is 4.74 Å². The molecule has 0 unspecified atom stereocenters. The Hall–Kier alpha value is -1.12. The van der Waals surface area contributed by atoms with Crippen LogP contribution in [0.2, 0.25) is 0 Å². The topological polar surface area (TPSA) is 69.4 Å². The Kier molecular flexibility index (Phi) is 5.77. The Labute approximate surface area is 115 Å². The molecule has 0 fully saturated rings. The average molecular weight is 309 g/mol. The Balaban J connectivity index is 2.72. The second-order valence-electron chi connectivity index (χ2n) is 3.68. The third kappa shape index (κ3) is 5.17. The van der Waals surface area contributed by atoms with Gasteiger partial charge in [0.15, 0.2) is 9.84 Å². The molecule has 0 aliphatic carbocycles. The molecule has 0 atom stereocenters. The Morgan fingerprint density at radius 2 is 2.11 bits per heavy atom. The van der Waals surface area contributed by atoms with Gasteiger partial charge in [-0.15, -0.1) is 0 Å². The molecule has 19 heavy (non-hydrogen) atoms. The molecule has 0 aliphatic heterocycles. The number of benzene rings is 1. The largest absolute Gasteiger partial charge is 0.389 e. The number of rotatable bonds is 7. The van der Waals surface area contributed by atoms with Crippen molar-refractivity contribution < 1.29 is 21.9 Å². The molecule has 8 heteroatoms. The van der Waals surface area contributed by atoms with Crippen molar-refractivity contribution in [2.45, 2.75) is 11.3 Å². The number of hydrogen-bond donors (Lipinski definition) is 1. The van der Waals surface area contributed by atoms with Crippen molar-refractivity contribution in [3.8, 4) is 0 Å². The molecular formula is C11H13F2NO3S2. The van der Waals surface area contributed by atoms with Crippen molar-refractivity contribution in [1.82, 2.24) is 0 Å². The maximum atomic E-state index is 11.9. The minimum Gasteiger partial charge on any atom is -0.389 e. The fraction of sp³-hybridized carbons (Fsp3) is 0.364. The summed E-state index contributed by atoms with van der Waals surface area (Å²) < 4.78 is 52.0. The highest BCUT2D eigenvalue weighted by Crippen LogP contribution is 2.13. The molecule has 0 spiro atoms. The lowest BCUT2D eigenvalue weighted by Gasteiger charge is -2.07. The first-order valence-electron chi connectivity index (χ1n) is 5.31. The lowest BCUT2D eigenvalue weighted by Crippen LogP contribution is -2.16. The molecule has 0 radical (unpaired) electrons. The molecule has 1 aromatic rings. The van der Waals surface area contributed by atoms with Crippen LogP contribution < -0.4 is 5.73 Å². The van der Waals surface area contributed by atoms with Gasteiger partial charge in [0.05, 0.1) is 17.3 Å². The van der Waals surface area contributed by atoms with Crippen LogP contribution in [0, 0.1) is 0 Å². The molecule has 4 nitrogen and oxygen atoms in total. The summed E-state index contributed by atoms with van der Waals surface area (Å²) in [5.74, 6) is -0.374. The van der Waals surface area contributed by atoms with Crippen molar-refractivity contribution in [1.29, 1.82) is 0 Å². The van der Waals surface area contributed by atoms with Crippen LogP contribution in [-0.4, -0.2) is 38.8 Å². The molecule has 1 rings (SSSR count). The third-order valence-electron chi connectivity index (χ3n) is 2.22. The van der Waals surface area contributed by atoms with E-state index in [0.717, 1.165) is 0 Å². The van der Waals surface area contributed by atoms with Crippen LogP contribution in [0.3, 0.4) is 0 Å². The molecular weight excluding hydrogens is 296 g/mol. The molecule has 0 aromatic heterocycles. The lowest BCUT2D eigenvalue weighted by molar-refractivity contribution is 0.0234. The van der Waals surface area contributed by atoms with Crippen molar-refractivity contribution >= 4 is 27.0 Å². The highest BCUT2D eigenvalue weighted by atomic mass is 32.2. The fourth-order valence-corrected chi connectivity index (χ4v) is 2.59. The van der Waals surface area contributed by atoms with Crippen molar-refractivity contribution in [2.75, 3.05) is 19.0 Å². The minimum atomic E-state index is -3.60. The van der Waals surface area contributed by atoms with Gasteiger partial charge < -0.3 is 10.5 Å². The summed E-state index contributed by atoms with van der Waals surface area (Å²) in [7, 11) is -3.60. The van der Waals surface area contributed by atoms with Crippen LogP contribution in [0.25, 0.3) is 0 Å². The van der Waals surface area contributed by atoms with E-state index in [1.807, 2.05) is 0 Å². The van der Waals surface area contributed by atoms with Gasteiger partial charge in [0.25, 0.3) is 6.43 Å². The summed E-state index contributed by atoms with van der Waals surface area (Å²) >= 11 is 4.75. The zero-order valence-corrected chi connectivity index (χ0v) is 11.5. The highest BCUT2D eigenvalue weighted by molar-refractivity contribution is 7.91. The minimum absolute atomic E-state index is 0.0402. The van der Waals surface area contributed by atoms with Gasteiger partial charge in [0.2, 0.25) is 0 Å². The molecule has 2 N–H and O–H groups in total. The molecule has 0 bridgehead atoms. The smallest absolute Gasteiger partial charge is 0.261 e. The first kappa shape index (κ1) is 15.9. The second-order valence-corrected chi connectivity index (χ2v) is 6.23. The summed E-state index contributed by atoms with van der Waals surface area (Å²) in [6.45, 7) is -1.06. The molecule has 0 aliphatic rings. The van der Waals surface area contributed by atoms with Crippen LogP contribution in [0.4, 0.5) is 8.78 Å². The van der Waals surface area contributed by atoms with Gasteiger partial charge in [-0.2, -0.15) is 0 Å². The second kappa shape index (κ2) is 6.88. The normalized spacial score (nSPS) is 11.7. The van der Waals surface area contributed by atoms with E-state index in [1.165, 1.54) is 18.2 Å². The monoisotopic (exact) mass is 309 g/mol. The SMILES string of the molecule is NC(=S)c1cccc(S(=O)(=O)CCOCC(F)F)c1. The first-order valence-corrected chi connectivity index (χ1v) is 7.37. The maximum Gasteiger partial charge on any atom is 0.261 e. The Morgan fingerprint density at radius 1 is 1.42 bits per heavy atom. The number of sulfone groups is 1. The van der Waals surface area contributed by atoms with Crippen LogP contribution >= 0.6 is 12.2 Å². The van der Waals surface area contributed by atoms with Crippen molar-refractivity contribution in [2.24, 2.45) is 5.73 Å². The fourth-order valence-electron chi connectivity index (χ4n) is 1.30. The van der Waals surface area contributed by atoms with E-state index < -0.39 is 22.9 Å². The zero-order valence-electron chi connectivity index (χ0n) is 9.88. The van der Waals surface area contributed by atoms with E-state index in [9.17, 15) is 17.2 Å². The number of ether oxygens (including phenoxy) is 1. The van der Waals surface area contributed by atoms with Crippen LogP contribution in [0.15, 0.2) is 29.2 Å². The standard InChI is InChI=1S/C11H13F2NO3S2/c12-10(13)7-17-4-5-19(15,16)9-3-1-2-8(6-9)11(14)18/h1-3,6,10H,4-5,7H2,(H2,14,18). The summed E-state index contributed by atoms with van der Waals surface area (Å²) in [6.07, 6.45) is -2.61. The molecule has 0 saturated carbocycles. The van der Waals surface area contributed by atoms with E-state index in [0.29, 0.717) is 5.56 Å². The molecule has 106 valence electrons. The van der Waals surface area contributed by atoms with Crippen molar-refractivity contribution in [3.05, 3.63) is 29.8 Å². The molecule has 0 amide bonds. The maximum absolute atomic E-state index is 11.9. The summed E-state index contributed by atoms with van der Waals surface area (Å²) in [5.41, 5.74) is 5.84. The predicted octanol–water partition coefficient (Wildman–Crippen LogP) is 1.38. The number of halogens is 2. The summed E-state index contributed by atoms with van der Waals surface area (Å²) in [6, 6.07) is 5.85. The van der Waals surface area contributed by atoms with Gasteiger partial charge in [0.1, 0.15) is 11.6 Å². The highest BCUT2D eigenvalue weighted by Gasteiger charge is 2.15. The Morgan fingerprint density at radius 3 is 2.68 bits per heavy atom. The first-order chi connectivity index (χ1) is 8.83. The van der Waals surface area contributed by atoms with Gasteiger partial charge in [0, 0.05) is 5.56 Å². The number of hydrogen-bond acceptors (Lipinski definition) is 4. The number of nitrogens with two attached hydrogens (primary N) is 1. The van der Waals surface area contributed by atoms with Gasteiger partial charge in [-0.25, -0.2) is 17.2 Å². The van der Waals surface area contributed by atoms with Crippen LogP contribution in [-0.2, 0) is 14.6 Å². The van der Waals surface area contributed by atoms with Gasteiger partial charge in [-0.05, 0) is 12.1 Å².